The van der Waals surface area contributed by atoms with E-state index in [9.17, 15) is 9.59 Å². The molecule has 3 aromatic heterocycles. The van der Waals surface area contributed by atoms with Gasteiger partial charge in [0.25, 0.3) is 11.5 Å². The first kappa shape index (κ1) is 12.5. The van der Waals surface area contributed by atoms with Gasteiger partial charge in [-0.2, -0.15) is 5.10 Å². The highest BCUT2D eigenvalue weighted by Gasteiger charge is 2.18. The van der Waals surface area contributed by atoms with Gasteiger partial charge in [-0.3, -0.25) is 14.3 Å². The van der Waals surface area contributed by atoms with Crippen LogP contribution < -0.4 is 10.9 Å². The Kier molecular flexibility index (Phi) is 2.87. The number of carbonyl (C=O) groups is 1. The maximum Gasteiger partial charge on any atom is 0.266 e. The lowest BCUT2D eigenvalue weighted by atomic mass is 10.2. The number of hydrogen-bond donors (Lipinski definition) is 2. The number of carbonyl (C=O) groups excluding carboxylic acids is 1. The monoisotopic (exact) mass is 289 g/mol. The highest BCUT2D eigenvalue weighted by atomic mass is 32.1. The molecule has 0 radical (unpaired) electrons. The van der Waals surface area contributed by atoms with Gasteiger partial charge in [-0.25, -0.2) is 4.98 Å². The number of aromatic nitrogens is 4. The topological polar surface area (TPSA) is 92.7 Å². The molecule has 0 saturated carbocycles. The summed E-state index contributed by atoms with van der Waals surface area (Å²) in [5, 5.41) is 7.20. The van der Waals surface area contributed by atoms with E-state index in [0.717, 1.165) is 0 Å². The second kappa shape index (κ2) is 4.57. The number of aromatic amines is 1. The molecule has 20 heavy (non-hydrogen) atoms. The van der Waals surface area contributed by atoms with Crippen molar-refractivity contribution in [1.29, 1.82) is 0 Å². The fraction of sp³-hybridized carbons (Fsp3) is 0.167. The smallest absolute Gasteiger partial charge is 0.266 e. The van der Waals surface area contributed by atoms with Crippen LogP contribution in [0.5, 0.6) is 0 Å². The highest BCUT2D eigenvalue weighted by Crippen LogP contribution is 2.27. The molecule has 3 heterocycles. The lowest BCUT2D eigenvalue weighted by molar-refractivity contribution is 0.103. The number of anilines is 1. The summed E-state index contributed by atoms with van der Waals surface area (Å²) < 4.78 is 1.60. The number of fused-ring (bicyclic) bond motifs is 1. The van der Waals surface area contributed by atoms with Crippen molar-refractivity contribution in [1.82, 2.24) is 19.7 Å². The Bertz CT molecular complexity index is 860. The van der Waals surface area contributed by atoms with Crippen LogP contribution in [0.3, 0.4) is 0 Å². The van der Waals surface area contributed by atoms with Crippen LogP contribution in [-0.2, 0) is 7.05 Å². The fourth-order valence-corrected chi connectivity index (χ4v) is 3.01. The van der Waals surface area contributed by atoms with Crippen LogP contribution in [0.4, 0.5) is 5.69 Å². The number of aryl methyl sites for hydroxylation is 2. The van der Waals surface area contributed by atoms with Crippen LogP contribution in [0.15, 0.2) is 23.5 Å². The Hall–Kier alpha value is -2.48. The minimum absolute atomic E-state index is 0.232. The summed E-state index contributed by atoms with van der Waals surface area (Å²) in [7, 11) is 1.77. The van der Waals surface area contributed by atoms with E-state index in [2.05, 4.69) is 20.4 Å². The number of thiophene rings is 1. The molecule has 0 aliphatic rings. The normalized spacial score (nSPS) is 10.9. The van der Waals surface area contributed by atoms with Crippen molar-refractivity contribution < 1.29 is 4.79 Å². The Balaban J connectivity index is 2.02. The molecule has 0 saturated heterocycles. The third kappa shape index (κ3) is 1.99. The first-order chi connectivity index (χ1) is 9.56. The zero-order chi connectivity index (χ0) is 14.3. The van der Waals surface area contributed by atoms with E-state index in [1.807, 2.05) is 0 Å². The lowest BCUT2D eigenvalue weighted by Gasteiger charge is -2.00. The van der Waals surface area contributed by atoms with Gasteiger partial charge in [0.1, 0.15) is 4.83 Å². The van der Waals surface area contributed by atoms with Gasteiger partial charge in [-0.1, -0.05) is 0 Å². The van der Waals surface area contributed by atoms with Gasteiger partial charge in [0.2, 0.25) is 0 Å². The van der Waals surface area contributed by atoms with Gasteiger partial charge in [0, 0.05) is 13.2 Å². The first-order valence-corrected chi connectivity index (χ1v) is 6.64. The lowest BCUT2D eigenvalue weighted by Crippen LogP contribution is -2.11. The van der Waals surface area contributed by atoms with Crippen LogP contribution >= 0.6 is 11.3 Å². The van der Waals surface area contributed by atoms with Crippen molar-refractivity contribution in [3.05, 3.63) is 39.5 Å². The molecule has 3 aromatic rings. The molecule has 0 aliphatic carbocycles. The van der Waals surface area contributed by atoms with Crippen molar-refractivity contribution in [2.45, 2.75) is 6.92 Å². The summed E-state index contributed by atoms with van der Waals surface area (Å²) >= 11 is 1.20. The van der Waals surface area contributed by atoms with Crippen LogP contribution in [0.1, 0.15) is 15.2 Å². The Morgan fingerprint density at radius 3 is 2.95 bits per heavy atom. The summed E-state index contributed by atoms with van der Waals surface area (Å²) in [6.45, 7) is 1.74. The molecular formula is C12H11N5O2S. The predicted octanol–water partition coefficient (Wildman–Crippen LogP) is 1.28. The van der Waals surface area contributed by atoms with Gasteiger partial charge in [0.05, 0.1) is 28.5 Å². The molecule has 0 atom stereocenters. The Labute approximate surface area is 117 Å². The summed E-state index contributed by atoms with van der Waals surface area (Å²) in [6.07, 6.45) is 4.60. The molecule has 102 valence electrons. The fourth-order valence-electron chi connectivity index (χ4n) is 1.97. The summed E-state index contributed by atoms with van der Waals surface area (Å²) in [4.78, 5) is 31.6. The molecule has 0 unspecified atom stereocenters. The second-order valence-electron chi connectivity index (χ2n) is 4.32. The van der Waals surface area contributed by atoms with Crippen molar-refractivity contribution in [2.75, 3.05) is 5.32 Å². The third-order valence-electron chi connectivity index (χ3n) is 2.90. The van der Waals surface area contributed by atoms with Crippen LogP contribution in [-0.4, -0.2) is 25.7 Å². The number of nitrogens with zero attached hydrogens (tertiary/aromatic N) is 3. The summed E-state index contributed by atoms with van der Waals surface area (Å²) in [6, 6.07) is 0. The standard InChI is InChI=1S/C12H11N5O2S/c1-6-8-10(18)13-5-14-12(8)20-9(6)11(19)16-7-3-15-17(2)4-7/h3-5H,1-2H3,(H,16,19)(H,13,14,18). The molecule has 0 aromatic carbocycles. The predicted molar refractivity (Wildman–Crippen MR) is 76.1 cm³/mol. The quantitative estimate of drug-likeness (QED) is 0.743. The zero-order valence-corrected chi connectivity index (χ0v) is 11.6. The average molecular weight is 289 g/mol. The highest BCUT2D eigenvalue weighted by molar-refractivity contribution is 7.20. The SMILES string of the molecule is Cc1c(C(=O)Nc2cnn(C)c2)sc2nc[nH]c(=O)c12. The van der Waals surface area contributed by atoms with Gasteiger partial charge >= 0.3 is 0 Å². The molecule has 0 spiro atoms. The van der Waals surface area contributed by atoms with Crippen LogP contribution in [0.2, 0.25) is 0 Å². The van der Waals surface area contributed by atoms with Gasteiger partial charge < -0.3 is 10.3 Å². The van der Waals surface area contributed by atoms with Crippen molar-refractivity contribution >= 4 is 33.1 Å². The zero-order valence-electron chi connectivity index (χ0n) is 10.8. The number of hydrogen-bond acceptors (Lipinski definition) is 5. The second-order valence-corrected chi connectivity index (χ2v) is 5.32. The molecule has 8 heteroatoms. The molecule has 2 N–H and O–H groups in total. The van der Waals surface area contributed by atoms with Gasteiger partial charge in [-0.15, -0.1) is 11.3 Å². The van der Waals surface area contributed by atoms with Crippen LogP contribution in [0, 0.1) is 6.92 Å². The molecule has 0 bridgehead atoms. The molecule has 1 amide bonds. The van der Waals surface area contributed by atoms with Crippen molar-refractivity contribution in [3.63, 3.8) is 0 Å². The van der Waals surface area contributed by atoms with E-state index in [1.165, 1.54) is 17.7 Å². The van der Waals surface area contributed by atoms with E-state index < -0.39 is 0 Å². The first-order valence-electron chi connectivity index (χ1n) is 5.83. The minimum atomic E-state index is -0.266. The average Bonchev–Trinajstić information content (AvgIpc) is 2.95. The minimum Gasteiger partial charge on any atom is -0.319 e. The maximum absolute atomic E-state index is 12.2. The van der Waals surface area contributed by atoms with E-state index >= 15 is 0 Å². The van der Waals surface area contributed by atoms with E-state index in [4.69, 9.17) is 0 Å². The van der Waals surface area contributed by atoms with E-state index in [1.54, 1.807) is 31.0 Å². The number of amides is 1. The van der Waals surface area contributed by atoms with Gasteiger partial charge in [-0.05, 0) is 12.5 Å². The van der Waals surface area contributed by atoms with Crippen molar-refractivity contribution in [3.8, 4) is 0 Å². The number of H-pyrrole nitrogens is 1. The summed E-state index contributed by atoms with van der Waals surface area (Å²) in [5.74, 6) is -0.266. The molecule has 0 fully saturated rings. The number of nitrogens with one attached hydrogen (secondary N) is 2. The van der Waals surface area contributed by atoms with E-state index in [0.29, 0.717) is 26.3 Å². The van der Waals surface area contributed by atoms with Gasteiger partial charge in [0.15, 0.2) is 0 Å². The van der Waals surface area contributed by atoms with E-state index in [-0.39, 0.29) is 11.5 Å². The Morgan fingerprint density at radius 1 is 1.50 bits per heavy atom. The number of rotatable bonds is 2. The van der Waals surface area contributed by atoms with Crippen LogP contribution in [0.25, 0.3) is 10.2 Å². The molecule has 0 aliphatic heterocycles. The third-order valence-corrected chi connectivity index (χ3v) is 4.10. The Morgan fingerprint density at radius 2 is 2.30 bits per heavy atom. The molecule has 7 nitrogen and oxygen atoms in total. The van der Waals surface area contributed by atoms with Crippen molar-refractivity contribution in [2.24, 2.45) is 7.05 Å². The largest absolute Gasteiger partial charge is 0.319 e. The summed E-state index contributed by atoms with van der Waals surface area (Å²) in [5.41, 5.74) is 1.01. The maximum atomic E-state index is 12.2. The molecule has 3 rings (SSSR count). The molecular weight excluding hydrogens is 278 g/mol.